The van der Waals surface area contributed by atoms with Gasteiger partial charge in [-0.05, 0) is 61.4 Å². The molecule has 0 radical (unpaired) electrons. The van der Waals surface area contributed by atoms with Gasteiger partial charge in [-0.25, -0.2) is 13.4 Å². The Balaban J connectivity index is 2.12. The molecule has 5 heteroatoms. The first-order valence-electron chi connectivity index (χ1n) is 7.28. The highest BCUT2D eigenvalue weighted by Crippen LogP contribution is 2.27. The number of sulfone groups is 1. The molecule has 3 rings (SSSR count). The first kappa shape index (κ1) is 15.5. The van der Waals surface area contributed by atoms with Crippen LogP contribution in [0.25, 0.3) is 17.1 Å². The van der Waals surface area contributed by atoms with Crippen LogP contribution < -0.4 is 0 Å². The predicted octanol–water partition coefficient (Wildman–Crippen LogP) is 3.56. The molecule has 0 saturated carbocycles. The molecule has 0 aliphatic heterocycles. The Morgan fingerprint density at radius 2 is 1.65 bits per heavy atom. The molecule has 23 heavy (non-hydrogen) atoms. The number of nitrogens with zero attached hydrogens (tertiary/aromatic N) is 2. The number of hydrogen-bond acceptors (Lipinski definition) is 3. The zero-order valence-electron chi connectivity index (χ0n) is 13.3. The first-order chi connectivity index (χ1) is 10.9. The Kier molecular flexibility index (Phi) is 3.82. The van der Waals surface area contributed by atoms with Crippen LogP contribution in [-0.2, 0) is 9.84 Å². The SMILES string of the molecule is Cc1ccnc(-n2c(C)ccc2-c2ccc(S(C)(=O)=O)cc2)c1. The van der Waals surface area contributed by atoms with Crippen molar-refractivity contribution in [2.45, 2.75) is 18.7 Å². The van der Waals surface area contributed by atoms with Crippen molar-refractivity contribution in [3.63, 3.8) is 0 Å². The molecule has 118 valence electrons. The molecule has 0 saturated heterocycles. The fourth-order valence-electron chi connectivity index (χ4n) is 2.58. The van der Waals surface area contributed by atoms with Crippen LogP contribution in [0.4, 0.5) is 0 Å². The zero-order valence-corrected chi connectivity index (χ0v) is 14.1. The minimum atomic E-state index is -3.18. The minimum Gasteiger partial charge on any atom is -0.299 e. The third-order valence-corrected chi connectivity index (χ3v) is 4.91. The average Bonchev–Trinajstić information content (AvgIpc) is 2.88. The predicted molar refractivity (Wildman–Crippen MR) is 91.6 cm³/mol. The van der Waals surface area contributed by atoms with Crippen molar-refractivity contribution < 1.29 is 8.42 Å². The van der Waals surface area contributed by atoms with E-state index in [1.165, 1.54) is 6.26 Å². The van der Waals surface area contributed by atoms with Crippen molar-refractivity contribution in [2.24, 2.45) is 0 Å². The molecule has 0 aliphatic carbocycles. The van der Waals surface area contributed by atoms with Crippen LogP contribution in [0.2, 0.25) is 0 Å². The second-order valence-electron chi connectivity index (χ2n) is 5.68. The first-order valence-corrected chi connectivity index (χ1v) is 9.17. The lowest BCUT2D eigenvalue weighted by Gasteiger charge is -2.12. The normalized spacial score (nSPS) is 11.6. The second-order valence-corrected chi connectivity index (χ2v) is 7.70. The summed E-state index contributed by atoms with van der Waals surface area (Å²) in [4.78, 5) is 4.78. The maximum Gasteiger partial charge on any atom is 0.175 e. The lowest BCUT2D eigenvalue weighted by atomic mass is 10.1. The quantitative estimate of drug-likeness (QED) is 0.739. The van der Waals surface area contributed by atoms with E-state index < -0.39 is 9.84 Å². The van der Waals surface area contributed by atoms with Gasteiger partial charge in [0.25, 0.3) is 0 Å². The van der Waals surface area contributed by atoms with E-state index in [1.54, 1.807) is 18.3 Å². The summed E-state index contributed by atoms with van der Waals surface area (Å²) in [5.41, 5.74) is 4.15. The Labute approximate surface area is 136 Å². The molecule has 0 amide bonds. The van der Waals surface area contributed by atoms with E-state index in [1.807, 2.05) is 50.2 Å². The van der Waals surface area contributed by atoms with Crippen LogP contribution in [0, 0.1) is 13.8 Å². The maximum atomic E-state index is 11.6. The number of hydrogen-bond donors (Lipinski definition) is 0. The summed E-state index contributed by atoms with van der Waals surface area (Å²) in [6, 6.07) is 15.0. The topological polar surface area (TPSA) is 52.0 Å². The van der Waals surface area contributed by atoms with Gasteiger partial charge >= 0.3 is 0 Å². The van der Waals surface area contributed by atoms with Crippen LogP contribution in [0.15, 0.2) is 59.6 Å². The standard InChI is InChI=1S/C18H18N2O2S/c1-13-10-11-19-18(12-13)20-14(2)4-9-17(20)15-5-7-16(8-6-15)23(3,21)22/h4-12H,1-3H3. The van der Waals surface area contributed by atoms with Crippen LogP contribution in [0.1, 0.15) is 11.3 Å². The summed E-state index contributed by atoms with van der Waals surface area (Å²) in [6.07, 6.45) is 3.01. The molecule has 1 aromatic carbocycles. The van der Waals surface area contributed by atoms with Crippen molar-refractivity contribution in [1.29, 1.82) is 0 Å². The summed E-state index contributed by atoms with van der Waals surface area (Å²) in [6.45, 7) is 4.06. The molecule has 4 nitrogen and oxygen atoms in total. The molecule has 2 heterocycles. The van der Waals surface area contributed by atoms with Gasteiger partial charge in [-0.3, -0.25) is 4.57 Å². The third kappa shape index (κ3) is 3.05. The van der Waals surface area contributed by atoms with Crippen LogP contribution in [-0.4, -0.2) is 24.2 Å². The Hall–Kier alpha value is -2.40. The van der Waals surface area contributed by atoms with Crippen molar-refractivity contribution in [3.05, 3.63) is 66.0 Å². The van der Waals surface area contributed by atoms with E-state index >= 15 is 0 Å². The van der Waals surface area contributed by atoms with Crippen molar-refractivity contribution >= 4 is 9.84 Å². The van der Waals surface area contributed by atoms with Crippen molar-refractivity contribution in [1.82, 2.24) is 9.55 Å². The summed E-state index contributed by atoms with van der Waals surface area (Å²) in [5, 5.41) is 0. The Morgan fingerprint density at radius 3 is 2.26 bits per heavy atom. The van der Waals surface area contributed by atoms with Gasteiger partial charge in [0.1, 0.15) is 5.82 Å². The molecular weight excluding hydrogens is 308 g/mol. The number of rotatable bonds is 3. The summed E-state index contributed by atoms with van der Waals surface area (Å²) >= 11 is 0. The molecule has 2 aromatic heterocycles. The fourth-order valence-corrected chi connectivity index (χ4v) is 3.21. The Bertz CT molecular complexity index is 955. The molecular formula is C18H18N2O2S. The van der Waals surface area contributed by atoms with Gasteiger partial charge < -0.3 is 0 Å². The van der Waals surface area contributed by atoms with Crippen molar-refractivity contribution in [3.8, 4) is 17.1 Å². The molecule has 0 spiro atoms. The number of pyridine rings is 1. The molecule has 0 unspecified atom stereocenters. The van der Waals surface area contributed by atoms with E-state index in [2.05, 4.69) is 9.55 Å². The maximum absolute atomic E-state index is 11.6. The summed E-state index contributed by atoms with van der Waals surface area (Å²) in [7, 11) is -3.18. The van der Waals surface area contributed by atoms with Gasteiger partial charge in [0.2, 0.25) is 0 Å². The average molecular weight is 326 g/mol. The summed E-state index contributed by atoms with van der Waals surface area (Å²) in [5.74, 6) is 0.856. The molecule has 0 bridgehead atoms. The minimum absolute atomic E-state index is 0.324. The molecule has 0 atom stereocenters. The largest absolute Gasteiger partial charge is 0.299 e. The highest BCUT2D eigenvalue weighted by atomic mass is 32.2. The van der Waals surface area contributed by atoms with E-state index in [4.69, 9.17) is 0 Å². The van der Waals surface area contributed by atoms with Gasteiger partial charge in [0, 0.05) is 18.1 Å². The highest BCUT2D eigenvalue weighted by Gasteiger charge is 2.12. The smallest absolute Gasteiger partial charge is 0.175 e. The van der Waals surface area contributed by atoms with Crippen molar-refractivity contribution in [2.75, 3.05) is 6.26 Å². The number of aromatic nitrogens is 2. The van der Waals surface area contributed by atoms with Gasteiger partial charge in [-0.2, -0.15) is 0 Å². The van der Waals surface area contributed by atoms with Gasteiger partial charge in [0.05, 0.1) is 10.6 Å². The van der Waals surface area contributed by atoms with E-state index in [-0.39, 0.29) is 0 Å². The molecule has 0 fully saturated rings. The third-order valence-electron chi connectivity index (χ3n) is 3.78. The van der Waals surface area contributed by atoms with Gasteiger partial charge in [0.15, 0.2) is 9.84 Å². The van der Waals surface area contributed by atoms with Crippen LogP contribution >= 0.6 is 0 Å². The van der Waals surface area contributed by atoms with E-state index in [0.29, 0.717) is 4.90 Å². The van der Waals surface area contributed by atoms with Gasteiger partial charge in [-0.15, -0.1) is 0 Å². The summed E-state index contributed by atoms with van der Waals surface area (Å²) < 4.78 is 25.3. The van der Waals surface area contributed by atoms with E-state index in [0.717, 1.165) is 28.3 Å². The highest BCUT2D eigenvalue weighted by molar-refractivity contribution is 7.90. The van der Waals surface area contributed by atoms with E-state index in [9.17, 15) is 8.42 Å². The number of benzene rings is 1. The molecule has 0 N–H and O–H groups in total. The second kappa shape index (κ2) is 5.66. The monoisotopic (exact) mass is 326 g/mol. The van der Waals surface area contributed by atoms with Crippen LogP contribution in [0.5, 0.6) is 0 Å². The lowest BCUT2D eigenvalue weighted by molar-refractivity contribution is 0.602. The molecule has 0 aliphatic rings. The number of aryl methyl sites for hydroxylation is 2. The lowest BCUT2D eigenvalue weighted by Crippen LogP contribution is -2.02. The van der Waals surface area contributed by atoms with Crippen LogP contribution in [0.3, 0.4) is 0 Å². The molecule has 3 aromatic rings. The van der Waals surface area contributed by atoms with Gasteiger partial charge in [-0.1, -0.05) is 12.1 Å². The fraction of sp³-hybridized carbons (Fsp3) is 0.167. The zero-order chi connectivity index (χ0) is 16.6. The Morgan fingerprint density at radius 1 is 0.957 bits per heavy atom.